The predicted molar refractivity (Wildman–Crippen MR) is 152 cm³/mol. The van der Waals surface area contributed by atoms with E-state index in [1.807, 2.05) is 0 Å². The largest absolute Gasteiger partial charge is 0.333 e. The average Bonchev–Trinajstić information content (AvgIpc) is 3.24. The molecule has 0 fully saturated rings. The highest BCUT2D eigenvalue weighted by atomic mass is 15.2. The van der Waals surface area contributed by atoms with Crippen molar-refractivity contribution in [1.29, 1.82) is 0 Å². The van der Waals surface area contributed by atoms with Gasteiger partial charge in [0.25, 0.3) is 0 Å². The van der Waals surface area contributed by atoms with E-state index in [0.29, 0.717) is 0 Å². The maximum absolute atomic E-state index is 2.55. The molecule has 1 aliphatic heterocycles. The molecule has 0 radical (unpaired) electrons. The molecule has 7 rings (SSSR count). The van der Waals surface area contributed by atoms with Crippen LogP contribution in [0.4, 0.5) is 11.4 Å². The zero-order valence-electron chi connectivity index (χ0n) is 21.0. The molecule has 0 N–H and O–H groups in total. The fourth-order valence-electron chi connectivity index (χ4n) is 6.57. The Kier molecular flexibility index (Phi) is 4.56. The SMILES string of the molecule is CC1C(N2c3ccccc3C(C)(C)c3ccccc32)=CC=CC1n1c2ccccc2c2ccccc21. The molecule has 1 aromatic heterocycles. The van der Waals surface area contributed by atoms with Crippen molar-refractivity contribution in [2.24, 2.45) is 5.92 Å². The van der Waals surface area contributed by atoms with Crippen LogP contribution in [-0.2, 0) is 5.41 Å². The molecule has 0 amide bonds. The van der Waals surface area contributed by atoms with Crippen molar-refractivity contribution in [2.75, 3.05) is 4.90 Å². The molecule has 2 heterocycles. The molecule has 0 saturated carbocycles. The molecule has 1 aliphatic carbocycles. The lowest BCUT2D eigenvalue weighted by Crippen LogP contribution is -2.36. The Morgan fingerprint density at radius 2 is 1.14 bits per heavy atom. The number of benzene rings is 4. The molecular weight excluding hydrogens is 436 g/mol. The van der Waals surface area contributed by atoms with E-state index < -0.39 is 0 Å². The molecule has 2 nitrogen and oxygen atoms in total. The number of hydrogen-bond donors (Lipinski definition) is 0. The Morgan fingerprint density at radius 3 is 1.72 bits per heavy atom. The van der Waals surface area contributed by atoms with Gasteiger partial charge in [0.1, 0.15) is 0 Å². The van der Waals surface area contributed by atoms with E-state index in [2.05, 4.69) is 146 Å². The fraction of sp³-hybridized carbons (Fsp3) is 0.176. The Morgan fingerprint density at radius 1 is 0.639 bits per heavy atom. The van der Waals surface area contributed by atoms with Gasteiger partial charge < -0.3 is 9.47 Å². The topological polar surface area (TPSA) is 8.17 Å². The van der Waals surface area contributed by atoms with Gasteiger partial charge in [-0.3, -0.25) is 0 Å². The van der Waals surface area contributed by atoms with Gasteiger partial charge in [-0.05, 0) is 41.5 Å². The summed E-state index contributed by atoms with van der Waals surface area (Å²) in [4.78, 5) is 2.52. The minimum atomic E-state index is -0.0514. The smallest absolute Gasteiger partial charge is 0.0606 e. The van der Waals surface area contributed by atoms with Crippen molar-refractivity contribution in [1.82, 2.24) is 4.57 Å². The molecule has 176 valence electrons. The van der Waals surface area contributed by atoms with Crippen molar-refractivity contribution in [3.63, 3.8) is 0 Å². The van der Waals surface area contributed by atoms with Crippen LogP contribution in [0, 0.1) is 5.92 Å². The molecule has 2 heteroatoms. The van der Waals surface area contributed by atoms with E-state index in [-0.39, 0.29) is 17.4 Å². The third-order valence-corrected chi connectivity index (χ3v) is 8.36. The van der Waals surface area contributed by atoms with Crippen LogP contribution in [-0.4, -0.2) is 4.57 Å². The van der Waals surface area contributed by atoms with Crippen LogP contribution in [0.15, 0.2) is 121 Å². The third-order valence-electron chi connectivity index (χ3n) is 8.36. The molecule has 0 spiro atoms. The minimum absolute atomic E-state index is 0.0514. The number of rotatable bonds is 2. The van der Waals surface area contributed by atoms with Gasteiger partial charge in [0, 0.05) is 50.2 Å². The fourth-order valence-corrected chi connectivity index (χ4v) is 6.57. The Bertz CT molecular complexity index is 1590. The highest BCUT2D eigenvalue weighted by Crippen LogP contribution is 2.52. The van der Waals surface area contributed by atoms with Gasteiger partial charge in [-0.2, -0.15) is 0 Å². The number of hydrogen-bond acceptors (Lipinski definition) is 1. The Balaban J connectivity index is 1.42. The number of nitrogens with zero attached hydrogens (tertiary/aromatic N) is 2. The molecule has 2 aliphatic rings. The van der Waals surface area contributed by atoms with Crippen molar-refractivity contribution < 1.29 is 0 Å². The second-order valence-electron chi connectivity index (χ2n) is 10.7. The summed E-state index contributed by atoms with van der Waals surface area (Å²) in [7, 11) is 0. The quantitative estimate of drug-likeness (QED) is 0.252. The first kappa shape index (κ1) is 21.3. The van der Waals surface area contributed by atoms with Crippen LogP contribution in [0.1, 0.15) is 37.9 Å². The maximum Gasteiger partial charge on any atom is 0.0606 e. The summed E-state index contributed by atoms with van der Waals surface area (Å²) in [5.74, 6) is 0.275. The monoisotopic (exact) mass is 466 g/mol. The van der Waals surface area contributed by atoms with Crippen LogP contribution in [0.2, 0.25) is 0 Å². The number of anilines is 2. The molecule has 2 unspecified atom stereocenters. The summed E-state index contributed by atoms with van der Waals surface area (Å²) >= 11 is 0. The van der Waals surface area contributed by atoms with Crippen LogP contribution in [0.5, 0.6) is 0 Å². The van der Waals surface area contributed by atoms with E-state index in [1.54, 1.807) is 0 Å². The highest BCUT2D eigenvalue weighted by molar-refractivity contribution is 6.08. The molecule has 4 aromatic carbocycles. The van der Waals surface area contributed by atoms with E-state index in [4.69, 9.17) is 0 Å². The van der Waals surface area contributed by atoms with Crippen molar-refractivity contribution in [2.45, 2.75) is 32.2 Å². The number of para-hydroxylation sites is 4. The summed E-state index contributed by atoms with van der Waals surface area (Å²) < 4.78 is 2.55. The van der Waals surface area contributed by atoms with E-state index in [9.17, 15) is 0 Å². The maximum atomic E-state index is 2.55. The van der Waals surface area contributed by atoms with Gasteiger partial charge in [-0.25, -0.2) is 0 Å². The Hall–Kier alpha value is -4.04. The van der Waals surface area contributed by atoms with Gasteiger partial charge in [-0.15, -0.1) is 0 Å². The summed E-state index contributed by atoms with van der Waals surface area (Å²) in [6.45, 7) is 7.08. The molecule has 0 saturated heterocycles. The lowest BCUT2D eigenvalue weighted by molar-refractivity contribution is 0.478. The molecular formula is C34H30N2. The summed E-state index contributed by atoms with van der Waals surface area (Å²) in [5, 5.41) is 2.64. The number of fused-ring (bicyclic) bond motifs is 5. The van der Waals surface area contributed by atoms with Crippen LogP contribution >= 0.6 is 0 Å². The number of aromatic nitrogens is 1. The first-order valence-electron chi connectivity index (χ1n) is 12.9. The van der Waals surface area contributed by atoms with Gasteiger partial charge in [0.2, 0.25) is 0 Å². The standard InChI is InChI=1S/C34H30N2/c1-23-28(35-30-17-8-4-13-24(30)25-14-5-9-18-31(25)35)21-12-22-29(23)36-32-19-10-6-15-26(32)34(2,3)27-16-7-11-20-33(27)36/h4-23,28H,1-3H3. The zero-order chi connectivity index (χ0) is 24.4. The third kappa shape index (κ3) is 2.85. The highest BCUT2D eigenvalue weighted by Gasteiger charge is 2.39. The van der Waals surface area contributed by atoms with Crippen LogP contribution in [0.25, 0.3) is 21.8 Å². The number of allylic oxidation sites excluding steroid dienone is 4. The first-order chi connectivity index (χ1) is 17.6. The molecule has 5 aromatic rings. The summed E-state index contributed by atoms with van der Waals surface area (Å²) in [5.41, 5.74) is 9.19. The van der Waals surface area contributed by atoms with Crippen LogP contribution < -0.4 is 4.90 Å². The lowest BCUT2D eigenvalue weighted by Gasteiger charge is -2.45. The summed E-state index contributed by atoms with van der Waals surface area (Å²) in [6.07, 6.45) is 6.95. The second kappa shape index (κ2) is 7.73. The predicted octanol–water partition coefficient (Wildman–Crippen LogP) is 8.90. The van der Waals surface area contributed by atoms with Gasteiger partial charge in [0.05, 0.1) is 6.04 Å². The molecule has 0 bridgehead atoms. The van der Waals surface area contributed by atoms with Crippen molar-refractivity contribution in [3.05, 3.63) is 132 Å². The minimum Gasteiger partial charge on any atom is -0.333 e. The first-order valence-corrected chi connectivity index (χ1v) is 12.9. The van der Waals surface area contributed by atoms with E-state index in [0.717, 1.165) is 0 Å². The van der Waals surface area contributed by atoms with Crippen molar-refractivity contribution >= 4 is 33.2 Å². The van der Waals surface area contributed by atoms with Crippen LogP contribution in [0.3, 0.4) is 0 Å². The van der Waals surface area contributed by atoms with Crippen molar-refractivity contribution in [3.8, 4) is 0 Å². The summed E-state index contributed by atoms with van der Waals surface area (Å²) in [6, 6.07) is 35.7. The second-order valence-corrected chi connectivity index (χ2v) is 10.7. The normalized spacial score (nSPS) is 20.3. The molecule has 2 atom stereocenters. The van der Waals surface area contributed by atoms with Gasteiger partial charge in [0.15, 0.2) is 0 Å². The lowest BCUT2D eigenvalue weighted by atomic mass is 9.73. The van der Waals surface area contributed by atoms with Gasteiger partial charge in [-0.1, -0.05) is 106 Å². The Labute approximate surface area is 212 Å². The van der Waals surface area contributed by atoms with E-state index >= 15 is 0 Å². The zero-order valence-corrected chi connectivity index (χ0v) is 21.0. The molecule has 36 heavy (non-hydrogen) atoms. The average molecular weight is 467 g/mol. The van der Waals surface area contributed by atoms with E-state index in [1.165, 1.54) is 50.0 Å². The van der Waals surface area contributed by atoms with Gasteiger partial charge >= 0.3 is 0 Å².